The fourth-order valence-electron chi connectivity index (χ4n) is 1.89. The molecule has 1 atom stereocenters. The Kier molecular flexibility index (Phi) is 8.16. The lowest BCUT2D eigenvalue weighted by molar-refractivity contribution is 0.0950. The van der Waals surface area contributed by atoms with Gasteiger partial charge in [-0.25, -0.2) is 0 Å². The van der Waals surface area contributed by atoms with Crippen LogP contribution >= 0.6 is 12.4 Å². The lowest BCUT2D eigenvalue weighted by Gasteiger charge is -2.11. The van der Waals surface area contributed by atoms with Crippen LogP contribution in [-0.2, 0) is 6.61 Å². The minimum absolute atomic E-state index is 0. The maximum Gasteiger partial charge on any atom is 0.251 e. The zero-order valence-corrected chi connectivity index (χ0v) is 14.2. The standard InChI is InChI=1S/C18H22N2O2.ClH/c1-14(19-2)12-20-18(21)16-10-8-15(9-11-16)13-22-17-6-4-3-5-7-17;/h3-11,14,19H,12-13H2,1-2H3,(H,20,21);1H. The third-order valence-corrected chi connectivity index (χ3v) is 3.43. The molecule has 1 amide bonds. The van der Waals surface area contributed by atoms with E-state index in [1.54, 1.807) is 0 Å². The average molecular weight is 335 g/mol. The van der Waals surface area contributed by atoms with Gasteiger partial charge in [-0.2, -0.15) is 0 Å². The highest BCUT2D eigenvalue weighted by atomic mass is 35.5. The van der Waals surface area contributed by atoms with E-state index in [1.165, 1.54) is 0 Å². The van der Waals surface area contributed by atoms with E-state index < -0.39 is 0 Å². The molecule has 0 bridgehead atoms. The molecule has 0 saturated carbocycles. The summed E-state index contributed by atoms with van der Waals surface area (Å²) in [6, 6.07) is 17.4. The summed E-state index contributed by atoms with van der Waals surface area (Å²) >= 11 is 0. The summed E-state index contributed by atoms with van der Waals surface area (Å²) in [7, 11) is 1.87. The summed E-state index contributed by atoms with van der Waals surface area (Å²) in [5.41, 5.74) is 1.69. The Bertz CT molecular complexity index is 588. The molecule has 2 N–H and O–H groups in total. The van der Waals surface area contributed by atoms with Crippen molar-refractivity contribution >= 4 is 18.3 Å². The molecule has 0 fully saturated rings. The summed E-state index contributed by atoms with van der Waals surface area (Å²) in [6.07, 6.45) is 0. The van der Waals surface area contributed by atoms with Gasteiger partial charge in [0.25, 0.3) is 5.91 Å². The predicted molar refractivity (Wildman–Crippen MR) is 95.3 cm³/mol. The topological polar surface area (TPSA) is 50.4 Å². The van der Waals surface area contributed by atoms with Gasteiger partial charge in [0.15, 0.2) is 0 Å². The number of nitrogens with one attached hydrogen (secondary N) is 2. The molecule has 0 aliphatic carbocycles. The van der Waals surface area contributed by atoms with Crippen LogP contribution in [0, 0.1) is 0 Å². The van der Waals surface area contributed by atoms with Crippen molar-refractivity contribution in [3.8, 4) is 5.75 Å². The van der Waals surface area contributed by atoms with Gasteiger partial charge < -0.3 is 15.4 Å². The average Bonchev–Trinajstić information content (AvgIpc) is 2.59. The lowest BCUT2D eigenvalue weighted by atomic mass is 10.1. The Morgan fingerprint density at radius 1 is 1.09 bits per heavy atom. The molecule has 0 aliphatic rings. The van der Waals surface area contributed by atoms with Gasteiger partial charge in [0.1, 0.15) is 12.4 Å². The van der Waals surface area contributed by atoms with Crippen molar-refractivity contribution in [2.24, 2.45) is 0 Å². The summed E-state index contributed by atoms with van der Waals surface area (Å²) in [6.45, 7) is 3.11. The van der Waals surface area contributed by atoms with Crippen molar-refractivity contribution in [3.05, 3.63) is 65.7 Å². The Morgan fingerprint density at radius 3 is 2.35 bits per heavy atom. The van der Waals surface area contributed by atoms with Crippen molar-refractivity contribution in [2.75, 3.05) is 13.6 Å². The molecule has 2 rings (SSSR count). The number of rotatable bonds is 7. The van der Waals surface area contributed by atoms with Gasteiger partial charge in [-0.1, -0.05) is 30.3 Å². The normalized spacial score (nSPS) is 11.2. The molecule has 0 spiro atoms. The molecule has 0 aliphatic heterocycles. The third-order valence-electron chi connectivity index (χ3n) is 3.43. The Hall–Kier alpha value is -2.04. The molecule has 0 saturated heterocycles. The molecular formula is C18H23ClN2O2. The largest absolute Gasteiger partial charge is 0.489 e. The quantitative estimate of drug-likeness (QED) is 0.818. The minimum atomic E-state index is -0.0578. The van der Waals surface area contributed by atoms with Crippen LogP contribution in [0.15, 0.2) is 54.6 Å². The molecule has 124 valence electrons. The van der Waals surface area contributed by atoms with E-state index in [0.717, 1.165) is 11.3 Å². The Balaban J connectivity index is 0.00000264. The van der Waals surface area contributed by atoms with Gasteiger partial charge in [-0.15, -0.1) is 12.4 Å². The van der Waals surface area contributed by atoms with E-state index in [4.69, 9.17) is 4.74 Å². The number of likely N-dealkylation sites (N-methyl/N-ethyl adjacent to an activating group) is 1. The SMILES string of the molecule is CNC(C)CNC(=O)c1ccc(COc2ccccc2)cc1.Cl. The molecule has 2 aromatic carbocycles. The summed E-state index contributed by atoms with van der Waals surface area (Å²) in [4.78, 5) is 12.0. The minimum Gasteiger partial charge on any atom is -0.489 e. The van der Waals surface area contributed by atoms with Crippen LogP contribution in [0.25, 0.3) is 0 Å². The number of ether oxygens (including phenoxy) is 1. The van der Waals surface area contributed by atoms with Gasteiger partial charge in [0, 0.05) is 18.2 Å². The zero-order chi connectivity index (χ0) is 15.8. The molecule has 0 radical (unpaired) electrons. The van der Waals surface area contributed by atoms with Gasteiger partial charge in [-0.3, -0.25) is 4.79 Å². The molecule has 4 nitrogen and oxygen atoms in total. The molecule has 0 heterocycles. The van der Waals surface area contributed by atoms with Gasteiger partial charge in [-0.05, 0) is 43.8 Å². The van der Waals surface area contributed by atoms with Crippen LogP contribution in [0.4, 0.5) is 0 Å². The first kappa shape index (κ1) is 19.0. The molecule has 0 aromatic heterocycles. The molecular weight excluding hydrogens is 312 g/mol. The van der Waals surface area contributed by atoms with Gasteiger partial charge in [0.2, 0.25) is 0 Å². The second kappa shape index (κ2) is 9.87. The fourth-order valence-corrected chi connectivity index (χ4v) is 1.89. The van der Waals surface area contributed by atoms with Crippen LogP contribution in [0.3, 0.4) is 0 Å². The van der Waals surface area contributed by atoms with Crippen LogP contribution < -0.4 is 15.4 Å². The van der Waals surface area contributed by atoms with E-state index in [9.17, 15) is 4.79 Å². The second-order valence-corrected chi connectivity index (χ2v) is 5.20. The number of hydrogen-bond donors (Lipinski definition) is 2. The van der Waals surface area contributed by atoms with E-state index >= 15 is 0 Å². The van der Waals surface area contributed by atoms with Gasteiger partial charge >= 0.3 is 0 Å². The first-order valence-electron chi connectivity index (χ1n) is 7.41. The molecule has 5 heteroatoms. The smallest absolute Gasteiger partial charge is 0.251 e. The van der Waals surface area contributed by atoms with E-state index in [0.29, 0.717) is 18.7 Å². The van der Waals surface area contributed by atoms with Crippen molar-refractivity contribution in [1.82, 2.24) is 10.6 Å². The van der Waals surface area contributed by atoms with Crippen LogP contribution in [0.5, 0.6) is 5.75 Å². The predicted octanol–water partition coefficient (Wildman–Crippen LogP) is 3.03. The monoisotopic (exact) mass is 334 g/mol. The first-order valence-corrected chi connectivity index (χ1v) is 7.41. The van der Waals surface area contributed by atoms with Crippen LogP contribution in [0.2, 0.25) is 0 Å². The second-order valence-electron chi connectivity index (χ2n) is 5.20. The Morgan fingerprint density at radius 2 is 1.74 bits per heavy atom. The van der Waals surface area contributed by atoms with E-state index in [2.05, 4.69) is 10.6 Å². The zero-order valence-electron chi connectivity index (χ0n) is 13.4. The van der Waals surface area contributed by atoms with Crippen molar-refractivity contribution in [3.63, 3.8) is 0 Å². The number of amides is 1. The molecule has 1 unspecified atom stereocenters. The van der Waals surface area contributed by atoms with Crippen molar-refractivity contribution in [1.29, 1.82) is 0 Å². The number of carbonyl (C=O) groups is 1. The number of halogens is 1. The summed E-state index contributed by atoms with van der Waals surface area (Å²) < 4.78 is 5.68. The molecule has 23 heavy (non-hydrogen) atoms. The number of para-hydroxylation sites is 1. The Labute approximate surface area is 143 Å². The van der Waals surface area contributed by atoms with Gasteiger partial charge in [0.05, 0.1) is 0 Å². The number of carbonyl (C=O) groups excluding carboxylic acids is 1. The van der Waals surface area contributed by atoms with E-state index in [-0.39, 0.29) is 24.4 Å². The maximum atomic E-state index is 12.0. The van der Waals surface area contributed by atoms with E-state index in [1.807, 2.05) is 68.6 Å². The maximum absolute atomic E-state index is 12.0. The lowest BCUT2D eigenvalue weighted by Crippen LogP contribution is -2.37. The highest BCUT2D eigenvalue weighted by molar-refractivity contribution is 5.94. The van der Waals surface area contributed by atoms with Crippen molar-refractivity contribution in [2.45, 2.75) is 19.6 Å². The number of benzene rings is 2. The number of hydrogen-bond acceptors (Lipinski definition) is 3. The third kappa shape index (κ3) is 6.30. The summed E-state index contributed by atoms with van der Waals surface area (Å²) in [5, 5.41) is 5.98. The van der Waals surface area contributed by atoms with Crippen LogP contribution in [-0.4, -0.2) is 25.5 Å². The fraction of sp³-hybridized carbons (Fsp3) is 0.278. The van der Waals surface area contributed by atoms with Crippen LogP contribution in [0.1, 0.15) is 22.8 Å². The molecule has 2 aromatic rings. The highest BCUT2D eigenvalue weighted by Crippen LogP contribution is 2.12. The summed E-state index contributed by atoms with van der Waals surface area (Å²) in [5.74, 6) is 0.781. The highest BCUT2D eigenvalue weighted by Gasteiger charge is 2.06. The van der Waals surface area contributed by atoms with Crippen molar-refractivity contribution < 1.29 is 9.53 Å². The first-order chi connectivity index (χ1) is 10.7.